The van der Waals surface area contributed by atoms with Gasteiger partial charge in [-0.05, 0) is 37.2 Å². The van der Waals surface area contributed by atoms with Crippen molar-refractivity contribution >= 4 is 27.3 Å². The van der Waals surface area contributed by atoms with Crippen LogP contribution in [0.2, 0.25) is 5.02 Å². The summed E-state index contributed by atoms with van der Waals surface area (Å²) in [5, 5.41) is 3.69. The predicted octanol–water partition coefficient (Wildman–Crippen LogP) is 2.97. The molecule has 7 heteroatoms. The summed E-state index contributed by atoms with van der Waals surface area (Å²) in [5.41, 5.74) is 1.27. The van der Waals surface area contributed by atoms with E-state index in [1.807, 2.05) is 0 Å². The molecular formula is C14H18ClN3O2S. The Hall–Kier alpha value is -1.50. The zero-order chi connectivity index (χ0) is 15.3. The second kappa shape index (κ2) is 6.98. The Bertz CT molecular complexity index is 698. The normalized spacial score (nSPS) is 11.5. The molecule has 1 aromatic carbocycles. The van der Waals surface area contributed by atoms with Gasteiger partial charge in [0.05, 0.1) is 5.69 Å². The van der Waals surface area contributed by atoms with Crippen LogP contribution in [0.4, 0.5) is 5.69 Å². The van der Waals surface area contributed by atoms with Gasteiger partial charge in [-0.3, -0.25) is 4.72 Å². The SMILES string of the molecule is CCCNCc1cc(S(=O)(=O)Nc2cccc(Cl)c2)c[nH]1. The molecular weight excluding hydrogens is 310 g/mol. The minimum Gasteiger partial charge on any atom is -0.363 e. The molecule has 0 aliphatic heterocycles. The second-order valence-corrected chi connectivity index (χ2v) is 6.77. The number of benzene rings is 1. The molecule has 0 fully saturated rings. The molecule has 0 saturated carbocycles. The number of rotatable bonds is 7. The summed E-state index contributed by atoms with van der Waals surface area (Å²) in [6, 6.07) is 8.22. The van der Waals surface area contributed by atoms with E-state index < -0.39 is 10.0 Å². The highest BCUT2D eigenvalue weighted by atomic mass is 35.5. The van der Waals surface area contributed by atoms with Crippen molar-refractivity contribution in [3.8, 4) is 0 Å². The smallest absolute Gasteiger partial charge is 0.263 e. The summed E-state index contributed by atoms with van der Waals surface area (Å²) in [7, 11) is -3.61. The molecule has 0 bridgehead atoms. The van der Waals surface area contributed by atoms with E-state index in [9.17, 15) is 8.42 Å². The van der Waals surface area contributed by atoms with E-state index in [-0.39, 0.29) is 4.90 Å². The number of nitrogens with one attached hydrogen (secondary N) is 3. The van der Waals surface area contributed by atoms with Crippen LogP contribution in [0.1, 0.15) is 19.0 Å². The lowest BCUT2D eigenvalue weighted by Gasteiger charge is -2.06. The fraction of sp³-hybridized carbons (Fsp3) is 0.286. The summed E-state index contributed by atoms with van der Waals surface area (Å²) in [6.45, 7) is 3.58. The minimum atomic E-state index is -3.61. The lowest BCUT2D eigenvalue weighted by atomic mass is 10.3. The maximum absolute atomic E-state index is 12.3. The van der Waals surface area contributed by atoms with E-state index >= 15 is 0 Å². The Morgan fingerprint density at radius 1 is 1.29 bits per heavy atom. The molecule has 3 N–H and O–H groups in total. The maximum atomic E-state index is 12.3. The molecule has 0 radical (unpaired) electrons. The Labute approximate surface area is 129 Å². The number of H-pyrrole nitrogens is 1. The first-order valence-electron chi connectivity index (χ1n) is 6.67. The van der Waals surface area contributed by atoms with Gasteiger partial charge in [-0.2, -0.15) is 0 Å². The van der Waals surface area contributed by atoms with E-state index in [2.05, 4.69) is 21.9 Å². The molecule has 0 spiro atoms. The Balaban J connectivity index is 2.09. The van der Waals surface area contributed by atoms with Crippen LogP contribution < -0.4 is 10.0 Å². The van der Waals surface area contributed by atoms with Crippen molar-refractivity contribution in [2.45, 2.75) is 24.8 Å². The quantitative estimate of drug-likeness (QED) is 0.684. The topological polar surface area (TPSA) is 74.0 Å². The molecule has 5 nitrogen and oxygen atoms in total. The van der Waals surface area contributed by atoms with Gasteiger partial charge in [0.1, 0.15) is 4.90 Å². The fourth-order valence-electron chi connectivity index (χ4n) is 1.84. The molecule has 0 atom stereocenters. The molecule has 1 aromatic heterocycles. The minimum absolute atomic E-state index is 0.204. The van der Waals surface area contributed by atoms with Gasteiger partial charge in [-0.1, -0.05) is 24.6 Å². The van der Waals surface area contributed by atoms with E-state index in [4.69, 9.17) is 11.6 Å². The van der Waals surface area contributed by atoms with Crippen LogP contribution in [0.5, 0.6) is 0 Å². The number of aromatic nitrogens is 1. The predicted molar refractivity (Wildman–Crippen MR) is 85.1 cm³/mol. The number of aromatic amines is 1. The average molecular weight is 328 g/mol. The van der Waals surface area contributed by atoms with E-state index in [0.717, 1.165) is 18.7 Å². The first-order valence-corrected chi connectivity index (χ1v) is 8.54. The number of hydrogen-bond acceptors (Lipinski definition) is 3. The van der Waals surface area contributed by atoms with Crippen LogP contribution in [0.15, 0.2) is 41.4 Å². The van der Waals surface area contributed by atoms with Gasteiger partial charge in [0.15, 0.2) is 0 Å². The standard InChI is InChI=1S/C14H18ClN3O2S/c1-2-6-16-9-13-8-14(10-17-13)21(19,20)18-12-5-3-4-11(15)7-12/h3-5,7-8,10,16-18H,2,6,9H2,1H3. The Kier molecular flexibility index (Phi) is 5.27. The third-order valence-corrected chi connectivity index (χ3v) is 4.44. The molecule has 0 saturated heterocycles. The Morgan fingerprint density at radius 2 is 2.10 bits per heavy atom. The van der Waals surface area contributed by atoms with Gasteiger partial charge >= 0.3 is 0 Å². The van der Waals surface area contributed by atoms with Crippen LogP contribution in [0, 0.1) is 0 Å². The molecule has 2 rings (SSSR count). The zero-order valence-electron chi connectivity index (χ0n) is 11.7. The Morgan fingerprint density at radius 3 is 2.81 bits per heavy atom. The van der Waals surface area contributed by atoms with Crippen LogP contribution in [-0.4, -0.2) is 19.9 Å². The van der Waals surface area contributed by atoms with E-state index in [0.29, 0.717) is 17.3 Å². The number of halogens is 1. The highest BCUT2D eigenvalue weighted by molar-refractivity contribution is 7.92. The third kappa shape index (κ3) is 4.49. The number of hydrogen-bond donors (Lipinski definition) is 3. The zero-order valence-corrected chi connectivity index (χ0v) is 13.3. The van der Waals surface area contributed by atoms with Gasteiger partial charge in [-0.15, -0.1) is 0 Å². The van der Waals surface area contributed by atoms with Crippen molar-refractivity contribution in [2.75, 3.05) is 11.3 Å². The van der Waals surface area contributed by atoms with Gasteiger partial charge < -0.3 is 10.3 Å². The van der Waals surface area contributed by atoms with Gasteiger partial charge in [0.2, 0.25) is 0 Å². The lowest BCUT2D eigenvalue weighted by Crippen LogP contribution is -2.14. The highest BCUT2D eigenvalue weighted by Gasteiger charge is 2.16. The van der Waals surface area contributed by atoms with Crippen LogP contribution in [-0.2, 0) is 16.6 Å². The maximum Gasteiger partial charge on any atom is 0.263 e. The van der Waals surface area contributed by atoms with Crippen molar-refractivity contribution in [3.63, 3.8) is 0 Å². The van der Waals surface area contributed by atoms with Crippen molar-refractivity contribution in [1.82, 2.24) is 10.3 Å². The summed E-state index contributed by atoms with van der Waals surface area (Å²) in [6.07, 6.45) is 2.51. The fourth-order valence-corrected chi connectivity index (χ4v) is 3.10. The van der Waals surface area contributed by atoms with Crippen LogP contribution >= 0.6 is 11.6 Å². The van der Waals surface area contributed by atoms with Crippen molar-refractivity contribution in [3.05, 3.63) is 47.2 Å². The second-order valence-electron chi connectivity index (χ2n) is 4.65. The molecule has 0 aliphatic rings. The first kappa shape index (κ1) is 15.9. The average Bonchev–Trinajstić information content (AvgIpc) is 2.88. The molecule has 0 amide bonds. The monoisotopic (exact) mass is 327 g/mol. The molecule has 114 valence electrons. The molecule has 0 aliphatic carbocycles. The van der Waals surface area contributed by atoms with Crippen molar-refractivity contribution in [1.29, 1.82) is 0 Å². The molecule has 2 aromatic rings. The first-order chi connectivity index (χ1) is 10.0. The summed E-state index contributed by atoms with van der Waals surface area (Å²) < 4.78 is 27.0. The lowest BCUT2D eigenvalue weighted by molar-refractivity contribution is 0.601. The highest BCUT2D eigenvalue weighted by Crippen LogP contribution is 2.19. The van der Waals surface area contributed by atoms with Crippen LogP contribution in [0.3, 0.4) is 0 Å². The van der Waals surface area contributed by atoms with Crippen LogP contribution in [0.25, 0.3) is 0 Å². The number of anilines is 1. The summed E-state index contributed by atoms with van der Waals surface area (Å²) >= 11 is 5.85. The molecule has 1 heterocycles. The molecule has 21 heavy (non-hydrogen) atoms. The van der Waals surface area contributed by atoms with Gasteiger partial charge in [0, 0.05) is 23.5 Å². The van der Waals surface area contributed by atoms with Crippen molar-refractivity contribution < 1.29 is 8.42 Å². The molecule has 0 unspecified atom stereocenters. The third-order valence-electron chi connectivity index (χ3n) is 2.85. The summed E-state index contributed by atoms with van der Waals surface area (Å²) in [4.78, 5) is 3.16. The summed E-state index contributed by atoms with van der Waals surface area (Å²) in [5.74, 6) is 0. The largest absolute Gasteiger partial charge is 0.363 e. The van der Waals surface area contributed by atoms with Gasteiger partial charge in [-0.25, -0.2) is 8.42 Å². The number of sulfonamides is 1. The van der Waals surface area contributed by atoms with E-state index in [1.165, 1.54) is 6.20 Å². The van der Waals surface area contributed by atoms with Crippen molar-refractivity contribution in [2.24, 2.45) is 0 Å². The van der Waals surface area contributed by atoms with E-state index in [1.54, 1.807) is 30.3 Å². The van der Waals surface area contributed by atoms with Gasteiger partial charge in [0.25, 0.3) is 10.0 Å².